The van der Waals surface area contributed by atoms with Gasteiger partial charge in [0.2, 0.25) is 0 Å². The molecule has 1 nitrogen and oxygen atoms in total. The molecule has 2 aliphatic rings. The van der Waals surface area contributed by atoms with Gasteiger partial charge in [-0.1, -0.05) is 257 Å². The minimum absolute atomic E-state index is 0.0485. The first-order valence-corrected chi connectivity index (χ1v) is 24.8. The van der Waals surface area contributed by atoms with Crippen LogP contribution in [0.3, 0.4) is 0 Å². The van der Waals surface area contributed by atoms with Crippen molar-refractivity contribution in [2.24, 2.45) is 0 Å². The molecule has 0 atom stereocenters. The van der Waals surface area contributed by atoms with Crippen LogP contribution in [0.5, 0.6) is 0 Å². The molecule has 0 heterocycles. The molecule has 0 saturated carbocycles. The predicted molar refractivity (Wildman–Crippen MR) is 298 cm³/mol. The summed E-state index contributed by atoms with van der Waals surface area (Å²) in [5, 5.41) is 0. The summed E-state index contributed by atoms with van der Waals surface area (Å²) in [7, 11) is 0. The van der Waals surface area contributed by atoms with Gasteiger partial charge in [-0.2, -0.15) is 0 Å². The summed E-state index contributed by atoms with van der Waals surface area (Å²) >= 11 is 0. The van der Waals surface area contributed by atoms with Gasteiger partial charge in [-0.3, -0.25) is 0 Å². The second-order valence-corrected chi connectivity index (χ2v) is 19.5. The molecular weight excluding hydrogens is 855 g/mol. The van der Waals surface area contributed by atoms with Gasteiger partial charge in [0.25, 0.3) is 0 Å². The molecule has 0 N–H and O–H groups in total. The first kappa shape index (κ1) is 42.3. The van der Waals surface area contributed by atoms with Gasteiger partial charge in [-0.15, -0.1) is 0 Å². The molecule has 0 aromatic heterocycles. The summed E-state index contributed by atoms with van der Waals surface area (Å²) in [5.74, 6) is 0. The summed E-state index contributed by atoms with van der Waals surface area (Å²) in [6.07, 6.45) is 0. The SMILES string of the molecule is CC1(C)c2ccccc2-c2cc(-c3ccc(N(c4cccc(-c5ccccc5)c4-c4ccccc4-c4ccccc4)c4cccc5c4-c4ccccc4C5(c4ccccc4)c4ccccc4)cc3)ccc21. The summed E-state index contributed by atoms with van der Waals surface area (Å²) in [5.41, 5.74) is 25.1. The zero-order valence-electron chi connectivity index (χ0n) is 39.9. The lowest BCUT2D eigenvalue weighted by Crippen LogP contribution is -2.28. The molecule has 336 valence electrons. The number of benzene rings is 11. The Balaban J connectivity index is 1.09. The monoisotopic (exact) mass is 905 g/mol. The molecule has 0 saturated heterocycles. The van der Waals surface area contributed by atoms with Crippen molar-refractivity contribution in [1.29, 1.82) is 0 Å². The van der Waals surface area contributed by atoms with Gasteiger partial charge in [0.15, 0.2) is 0 Å². The molecule has 0 aliphatic heterocycles. The molecule has 2 aliphatic carbocycles. The number of anilines is 3. The fourth-order valence-electron chi connectivity index (χ4n) is 12.2. The standard InChI is InChI=1S/C70H51N/c1-69(2)61-36-19-17-32-57(61)60-47-51(43-46-62(60)69)48-41-44-54(45-42-48)71(65-39-21-35-56(50-25-9-4-10-26-50)67(65)58-33-16-15-31-55(58)49-23-7-3-8-24-49)66-40-22-38-64-68(66)59-34-18-20-37-63(59)70(64,52-27-11-5-12-28-52)53-29-13-6-14-30-53/h3-47H,1-2H3. The quantitative estimate of drug-likeness (QED) is 0.139. The highest BCUT2D eigenvalue weighted by molar-refractivity contribution is 6.04. The Morgan fingerprint density at radius 3 is 1.37 bits per heavy atom. The third kappa shape index (κ3) is 6.68. The zero-order chi connectivity index (χ0) is 47.5. The molecular formula is C70H51N. The van der Waals surface area contributed by atoms with Crippen molar-refractivity contribution >= 4 is 17.1 Å². The Kier molecular flexibility index (Phi) is 10.1. The van der Waals surface area contributed by atoms with Crippen LogP contribution in [0, 0.1) is 0 Å². The molecule has 0 bridgehead atoms. The van der Waals surface area contributed by atoms with E-state index >= 15 is 0 Å². The Labute approximate surface area is 417 Å². The van der Waals surface area contributed by atoms with Crippen LogP contribution in [-0.2, 0) is 10.8 Å². The minimum Gasteiger partial charge on any atom is -0.309 e. The van der Waals surface area contributed by atoms with Crippen LogP contribution in [0.25, 0.3) is 66.8 Å². The highest BCUT2D eigenvalue weighted by atomic mass is 15.1. The number of hydrogen-bond acceptors (Lipinski definition) is 1. The fraction of sp³-hybridized carbons (Fsp3) is 0.0571. The lowest BCUT2D eigenvalue weighted by atomic mass is 9.68. The third-order valence-corrected chi connectivity index (χ3v) is 15.4. The Bertz CT molecular complexity index is 3720. The normalized spacial score (nSPS) is 13.4. The van der Waals surface area contributed by atoms with Gasteiger partial charge in [0.05, 0.1) is 16.8 Å². The van der Waals surface area contributed by atoms with Crippen molar-refractivity contribution in [2.45, 2.75) is 24.7 Å². The van der Waals surface area contributed by atoms with Crippen molar-refractivity contribution < 1.29 is 0 Å². The highest BCUT2D eigenvalue weighted by Crippen LogP contribution is 2.60. The van der Waals surface area contributed by atoms with Crippen LogP contribution >= 0.6 is 0 Å². The van der Waals surface area contributed by atoms with E-state index in [4.69, 9.17) is 0 Å². The summed E-state index contributed by atoms with van der Waals surface area (Å²) < 4.78 is 0. The average Bonchev–Trinajstić information content (AvgIpc) is 3.88. The van der Waals surface area contributed by atoms with Gasteiger partial charge in [0, 0.05) is 22.2 Å². The van der Waals surface area contributed by atoms with Gasteiger partial charge in [0.1, 0.15) is 0 Å². The van der Waals surface area contributed by atoms with E-state index in [1.54, 1.807) is 0 Å². The largest absolute Gasteiger partial charge is 0.309 e. The first-order valence-electron chi connectivity index (χ1n) is 24.8. The Morgan fingerprint density at radius 1 is 0.268 bits per heavy atom. The summed E-state index contributed by atoms with van der Waals surface area (Å²) in [4.78, 5) is 2.55. The van der Waals surface area contributed by atoms with E-state index in [9.17, 15) is 0 Å². The Hall–Kier alpha value is -8.78. The van der Waals surface area contributed by atoms with Crippen molar-refractivity contribution in [1.82, 2.24) is 0 Å². The smallest absolute Gasteiger partial charge is 0.0714 e. The van der Waals surface area contributed by atoms with Crippen molar-refractivity contribution in [3.05, 3.63) is 306 Å². The maximum Gasteiger partial charge on any atom is 0.0714 e. The number of nitrogens with zero attached hydrogens (tertiary/aromatic N) is 1. The predicted octanol–water partition coefficient (Wildman–Crippen LogP) is 18.5. The van der Waals surface area contributed by atoms with E-state index < -0.39 is 5.41 Å². The molecule has 13 rings (SSSR count). The number of fused-ring (bicyclic) bond motifs is 6. The zero-order valence-corrected chi connectivity index (χ0v) is 39.9. The van der Waals surface area contributed by atoms with Gasteiger partial charge >= 0.3 is 0 Å². The van der Waals surface area contributed by atoms with E-state index in [-0.39, 0.29) is 5.41 Å². The third-order valence-electron chi connectivity index (χ3n) is 15.4. The molecule has 0 unspecified atom stereocenters. The molecule has 0 spiro atoms. The molecule has 1 heteroatoms. The first-order chi connectivity index (χ1) is 35.0. The average molecular weight is 906 g/mol. The van der Waals surface area contributed by atoms with Crippen molar-refractivity contribution in [3.63, 3.8) is 0 Å². The molecule has 0 fully saturated rings. The van der Waals surface area contributed by atoms with Crippen LogP contribution in [0.4, 0.5) is 17.1 Å². The second-order valence-electron chi connectivity index (χ2n) is 19.5. The van der Waals surface area contributed by atoms with Crippen LogP contribution in [0.15, 0.2) is 273 Å². The molecule has 11 aromatic rings. The van der Waals surface area contributed by atoms with Crippen LogP contribution in [0.1, 0.15) is 47.2 Å². The van der Waals surface area contributed by atoms with Crippen molar-refractivity contribution in [3.8, 4) is 66.8 Å². The van der Waals surface area contributed by atoms with Crippen molar-refractivity contribution in [2.75, 3.05) is 4.90 Å². The fourth-order valence-corrected chi connectivity index (χ4v) is 12.2. The maximum absolute atomic E-state index is 2.55. The molecule has 0 radical (unpaired) electrons. The minimum atomic E-state index is -0.560. The lowest BCUT2D eigenvalue weighted by molar-refractivity contribution is 0.660. The van der Waals surface area contributed by atoms with Gasteiger partial charge in [-0.05, 0) is 119 Å². The Morgan fingerprint density at radius 2 is 0.718 bits per heavy atom. The lowest BCUT2D eigenvalue weighted by Gasteiger charge is -2.35. The maximum atomic E-state index is 2.55. The summed E-state index contributed by atoms with van der Waals surface area (Å²) in [6.45, 7) is 4.70. The topological polar surface area (TPSA) is 3.24 Å². The van der Waals surface area contributed by atoms with Crippen LogP contribution in [0.2, 0.25) is 0 Å². The van der Waals surface area contributed by atoms with Crippen LogP contribution in [-0.4, -0.2) is 0 Å². The van der Waals surface area contributed by atoms with E-state index in [1.165, 1.54) is 100 Å². The van der Waals surface area contributed by atoms with E-state index in [1.807, 2.05) is 0 Å². The molecule has 0 amide bonds. The molecule has 71 heavy (non-hydrogen) atoms. The van der Waals surface area contributed by atoms with Crippen LogP contribution < -0.4 is 4.90 Å². The summed E-state index contributed by atoms with van der Waals surface area (Å²) in [6, 6.07) is 101. The van der Waals surface area contributed by atoms with E-state index in [2.05, 4.69) is 292 Å². The van der Waals surface area contributed by atoms with E-state index in [0.717, 1.165) is 17.1 Å². The highest BCUT2D eigenvalue weighted by Gasteiger charge is 2.47. The van der Waals surface area contributed by atoms with Gasteiger partial charge in [-0.25, -0.2) is 0 Å². The van der Waals surface area contributed by atoms with Gasteiger partial charge < -0.3 is 4.90 Å². The number of hydrogen-bond donors (Lipinski definition) is 0. The second kappa shape index (κ2) is 17.0. The van der Waals surface area contributed by atoms with E-state index in [0.29, 0.717) is 0 Å². The number of rotatable bonds is 9. The molecule has 11 aromatic carbocycles.